The van der Waals surface area contributed by atoms with E-state index < -0.39 is 13.9 Å². The lowest BCUT2D eigenvalue weighted by Crippen LogP contribution is -2.48. The van der Waals surface area contributed by atoms with Gasteiger partial charge < -0.3 is 9.53 Å². The maximum absolute atomic E-state index is 10.7. The van der Waals surface area contributed by atoms with Crippen molar-refractivity contribution in [2.24, 2.45) is 5.92 Å². The highest BCUT2D eigenvalue weighted by Gasteiger charge is 2.55. The smallest absolute Gasteiger partial charge is 0.200 e. The van der Waals surface area contributed by atoms with Gasteiger partial charge in [-0.05, 0) is 60.2 Å². The van der Waals surface area contributed by atoms with Crippen LogP contribution in [0, 0.1) is 5.92 Å². The van der Waals surface area contributed by atoms with E-state index in [1.165, 1.54) is 12.0 Å². The molecule has 2 rings (SSSR count). The van der Waals surface area contributed by atoms with Crippen molar-refractivity contribution >= 4 is 8.32 Å². The molecule has 0 spiro atoms. The Bertz CT molecular complexity index is 392. The zero-order valence-corrected chi connectivity index (χ0v) is 16.5. The van der Waals surface area contributed by atoms with Crippen molar-refractivity contribution in [2.45, 2.75) is 95.9 Å². The van der Waals surface area contributed by atoms with Gasteiger partial charge in [-0.2, -0.15) is 0 Å². The van der Waals surface area contributed by atoms with Crippen molar-refractivity contribution < 1.29 is 9.53 Å². The van der Waals surface area contributed by atoms with E-state index in [1.807, 2.05) is 0 Å². The lowest BCUT2D eigenvalue weighted by atomic mass is 10.0. The van der Waals surface area contributed by atoms with Crippen molar-refractivity contribution in [3.05, 3.63) is 11.6 Å². The van der Waals surface area contributed by atoms with Gasteiger partial charge in [0.05, 0.1) is 5.60 Å². The second-order valence-corrected chi connectivity index (χ2v) is 13.9. The van der Waals surface area contributed by atoms with Crippen molar-refractivity contribution in [3.63, 3.8) is 0 Å². The van der Waals surface area contributed by atoms with E-state index in [1.54, 1.807) is 0 Å². The molecule has 0 amide bonds. The standard InChI is InChI=1S/C19H36O2Si/c1-14(2)22(15(3)4,16(5)6)21-12-11-18-13-19(18,20)17-9-7-8-10-17/h9,14-16,18,20H,7-8,10-13H2,1-6H3/t18-,19+/m0/s1. The average molecular weight is 325 g/mol. The van der Waals surface area contributed by atoms with E-state index in [-0.39, 0.29) is 0 Å². The Hall–Kier alpha value is -0.123. The van der Waals surface area contributed by atoms with E-state index in [0.717, 1.165) is 32.3 Å². The van der Waals surface area contributed by atoms with Gasteiger partial charge in [0.25, 0.3) is 0 Å². The molecule has 1 fully saturated rings. The monoisotopic (exact) mass is 324 g/mol. The van der Waals surface area contributed by atoms with Crippen LogP contribution in [0.1, 0.15) is 73.6 Å². The third-order valence-corrected chi connectivity index (χ3v) is 12.3. The van der Waals surface area contributed by atoms with Crippen LogP contribution in [-0.4, -0.2) is 25.6 Å². The normalized spacial score (nSPS) is 28.8. The molecule has 2 atom stereocenters. The Kier molecular flexibility index (Phi) is 5.62. The summed E-state index contributed by atoms with van der Waals surface area (Å²) in [5.74, 6) is 0.440. The highest BCUT2D eigenvalue weighted by Crippen LogP contribution is 2.54. The minimum Gasteiger partial charge on any atom is -0.416 e. The summed E-state index contributed by atoms with van der Waals surface area (Å²) >= 11 is 0. The van der Waals surface area contributed by atoms with Crippen LogP contribution in [-0.2, 0) is 4.43 Å². The van der Waals surface area contributed by atoms with Gasteiger partial charge in [-0.25, -0.2) is 0 Å². The molecule has 2 nitrogen and oxygen atoms in total. The molecular formula is C19H36O2Si. The van der Waals surface area contributed by atoms with E-state index >= 15 is 0 Å². The van der Waals surface area contributed by atoms with Crippen LogP contribution in [0.3, 0.4) is 0 Å². The molecule has 128 valence electrons. The summed E-state index contributed by atoms with van der Waals surface area (Å²) in [6, 6.07) is 0. The van der Waals surface area contributed by atoms with Crippen LogP contribution in [0.15, 0.2) is 11.6 Å². The van der Waals surface area contributed by atoms with Gasteiger partial charge >= 0.3 is 0 Å². The van der Waals surface area contributed by atoms with Crippen LogP contribution in [0.2, 0.25) is 16.6 Å². The topological polar surface area (TPSA) is 29.5 Å². The highest BCUT2D eigenvalue weighted by molar-refractivity contribution is 6.77. The lowest BCUT2D eigenvalue weighted by molar-refractivity contribution is 0.155. The summed E-state index contributed by atoms with van der Waals surface area (Å²) in [6.07, 6.45) is 7.75. The predicted octanol–water partition coefficient (Wildman–Crippen LogP) is 5.43. The van der Waals surface area contributed by atoms with Crippen molar-refractivity contribution in [3.8, 4) is 0 Å². The van der Waals surface area contributed by atoms with E-state index in [4.69, 9.17) is 4.43 Å². The molecule has 0 saturated heterocycles. The number of aliphatic hydroxyl groups is 1. The maximum atomic E-state index is 10.7. The number of rotatable bonds is 8. The van der Waals surface area contributed by atoms with Gasteiger partial charge in [0.15, 0.2) is 8.32 Å². The minimum atomic E-state index is -1.74. The first kappa shape index (κ1) is 18.2. The van der Waals surface area contributed by atoms with Gasteiger partial charge in [0.1, 0.15) is 0 Å². The van der Waals surface area contributed by atoms with E-state index in [2.05, 4.69) is 47.6 Å². The fourth-order valence-corrected chi connectivity index (χ4v) is 10.5. The minimum absolute atomic E-state index is 0.440. The molecule has 2 aliphatic rings. The second-order valence-electron chi connectivity index (χ2n) is 8.40. The van der Waals surface area contributed by atoms with Crippen LogP contribution < -0.4 is 0 Å². The largest absolute Gasteiger partial charge is 0.416 e. The van der Waals surface area contributed by atoms with Crippen LogP contribution in [0.4, 0.5) is 0 Å². The second kappa shape index (κ2) is 6.78. The molecule has 0 aromatic rings. The molecule has 0 aliphatic heterocycles. The Labute approximate surface area is 138 Å². The first-order chi connectivity index (χ1) is 10.2. The first-order valence-electron chi connectivity index (χ1n) is 9.31. The van der Waals surface area contributed by atoms with E-state index in [0.29, 0.717) is 22.5 Å². The molecule has 0 aromatic heterocycles. The third-order valence-electron chi connectivity index (χ3n) is 6.20. The molecular weight excluding hydrogens is 288 g/mol. The van der Waals surface area contributed by atoms with Crippen LogP contribution in [0.5, 0.6) is 0 Å². The number of hydrogen-bond donors (Lipinski definition) is 1. The summed E-state index contributed by atoms with van der Waals surface area (Å²) in [5.41, 5.74) is 2.78. The van der Waals surface area contributed by atoms with Crippen LogP contribution in [0.25, 0.3) is 0 Å². The first-order valence-corrected chi connectivity index (χ1v) is 11.4. The summed E-state index contributed by atoms with van der Waals surface area (Å²) in [6.45, 7) is 14.9. The molecule has 2 aliphatic carbocycles. The van der Waals surface area contributed by atoms with Gasteiger partial charge in [0, 0.05) is 6.61 Å². The van der Waals surface area contributed by atoms with Gasteiger partial charge in [-0.15, -0.1) is 0 Å². The summed E-state index contributed by atoms with van der Waals surface area (Å²) < 4.78 is 6.63. The summed E-state index contributed by atoms with van der Waals surface area (Å²) in [7, 11) is -1.74. The molecule has 22 heavy (non-hydrogen) atoms. The van der Waals surface area contributed by atoms with Crippen LogP contribution >= 0.6 is 0 Å². The quantitative estimate of drug-likeness (QED) is 0.476. The Balaban J connectivity index is 1.90. The van der Waals surface area contributed by atoms with E-state index in [9.17, 15) is 5.11 Å². The average Bonchev–Trinajstić information content (AvgIpc) is 2.88. The SMILES string of the molecule is CC(C)[Si](OCC[C@H]1C[C@@]1(O)C1=CCCC1)(C(C)C)C(C)C. The zero-order chi connectivity index (χ0) is 16.5. The summed E-state index contributed by atoms with van der Waals surface area (Å²) in [4.78, 5) is 0. The van der Waals surface area contributed by atoms with Gasteiger partial charge in [-0.1, -0.05) is 47.6 Å². The number of hydrogen-bond acceptors (Lipinski definition) is 2. The molecule has 3 heteroatoms. The summed E-state index contributed by atoms with van der Waals surface area (Å²) in [5, 5.41) is 10.7. The molecule has 0 heterocycles. The molecule has 0 aromatic carbocycles. The Morgan fingerprint density at radius 3 is 2.23 bits per heavy atom. The maximum Gasteiger partial charge on any atom is 0.200 e. The molecule has 0 radical (unpaired) electrons. The molecule has 1 saturated carbocycles. The zero-order valence-electron chi connectivity index (χ0n) is 15.5. The van der Waals surface area contributed by atoms with Crippen molar-refractivity contribution in [1.82, 2.24) is 0 Å². The third kappa shape index (κ3) is 3.22. The Morgan fingerprint density at radius 2 is 1.77 bits per heavy atom. The van der Waals surface area contributed by atoms with Crippen molar-refractivity contribution in [1.29, 1.82) is 0 Å². The predicted molar refractivity (Wildman–Crippen MR) is 96.6 cm³/mol. The fourth-order valence-electron chi connectivity index (χ4n) is 4.99. The number of allylic oxidation sites excluding steroid dienone is 1. The van der Waals surface area contributed by atoms with Gasteiger partial charge in [-0.3, -0.25) is 0 Å². The molecule has 1 N–H and O–H groups in total. The Morgan fingerprint density at radius 1 is 1.18 bits per heavy atom. The van der Waals surface area contributed by atoms with Gasteiger partial charge in [0.2, 0.25) is 0 Å². The molecule has 0 unspecified atom stereocenters. The fraction of sp³-hybridized carbons (Fsp3) is 0.895. The molecule has 0 bridgehead atoms. The van der Waals surface area contributed by atoms with Crippen molar-refractivity contribution in [2.75, 3.05) is 6.61 Å². The lowest BCUT2D eigenvalue weighted by Gasteiger charge is -2.42. The highest BCUT2D eigenvalue weighted by atomic mass is 28.4.